The van der Waals surface area contributed by atoms with Gasteiger partial charge in [0.15, 0.2) is 5.82 Å². The number of aromatic amines is 1. The number of fused-ring (bicyclic) bond motifs is 1. The summed E-state index contributed by atoms with van der Waals surface area (Å²) in [6.45, 7) is 1.49. The monoisotopic (exact) mass is 603 g/mol. The molecule has 0 spiro atoms. The molecular weight excluding hydrogens is 571 g/mol. The van der Waals surface area contributed by atoms with Crippen molar-refractivity contribution in [1.29, 1.82) is 0 Å². The number of pyridine rings is 1. The number of imidazole rings is 1. The predicted octanol–water partition coefficient (Wildman–Crippen LogP) is 5.07. The molecule has 4 aromatic rings. The first-order chi connectivity index (χ1) is 21.2. The molecule has 3 fully saturated rings. The lowest BCUT2D eigenvalue weighted by Crippen LogP contribution is -2.46. The maximum Gasteiger partial charge on any atom is 0.416 e. The molecule has 0 bridgehead atoms. The Morgan fingerprint density at radius 1 is 0.886 bits per heavy atom. The highest BCUT2D eigenvalue weighted by molar-refractivity contribution is 5.93. The van der Waals surface area contributed by atoms with Crippen LogP contribution in [0.5, 0.6) is 0 Å². The first-order valence-corrected chi connectivity index (χ1v) is 15.0. The summed E-state index contributed by atoms with van der Waals surface area (Å²) < 4.78 is 39.5. The van der Waals surface area contributed by atoms with Crippen molar-refractivity contribution < 1.29 is 23.1 Å². The number of amides is 1. The van der Waals surface area contributed by atoms with Crippen LogP contribution in [0.4, 0.5) is 13.2 Å². The van der Waals surface area contributed by atoms with Gasteiger partial charge in [0.05, 0.1) is 17.5 Å². The fourth-order valence-corrected chi connectivity index (χ4v) is 7.22. The summed E-state index contributed by atoms with van der Waals surface area (Å²) >= 11 is 0. The van der Waals surface area contributed by atoms with Crippen molar-refractivity contribution in [2.75, 3.05) is 13.1 Å². The summed E-state index contributed by atoms with van der Waals surface area (Å²) in [6, 6.07) is 11.1. The molecule has 3 aliphatic rings. The van der Waals surface area contributed by atoms with E-state index < -0.39 is 17.3 Å². The largest absolute Gasteiger partial charge is 0.416 e. The van der Waals surface area contributed by atoms with Gasteiger partial charge in [0.25, 0.3) is 5.91 Å². The van der Waals surface area contributed by atoms with E-state index in [4.69, 9.17) is 0 Å². The number of nitrogens with zero attached hydrogens (tertiary/aromatic N) is 6. The van der Waals surface area contributed by atoms with Gasteiger partial charge in [0.1, 0.15) is 17.1 Å². The van der Waals surface area contributed by atoms with Crippen molar-refractivity contribution in [2.24, 2.45) is 0 Å². The number of aromatic nitrogens is 5. The summed E-state index contributed by atoms with van der Waals surface area (Å²) in [5, 5.41) is 11.5. The molecular formula is C32H32F3N7O2. The van der Waals surface area contributed by atoms with Crippen molar-refractivity contribution >= 4 is 5.91 Å². The van der Waals surface area contributed by atoms with E-state index in [1.54, 1.807) is 30.7 Å². The van der Waals surface area contributed by atoms with Gasteiger partial charge in [-0.3, -0.25) is 14.7 Å². The van der Waals surface area contributed by atoms with E-state index in [0.29, 0.717) is 36.9 Å². The van der Waals surface area contributed by atoms with Crippen LogP contribution in [0.1, 0.15) is 60.3 Å². The zero-order valence-electron chi connectivity index (χ0n) is 23.9. The second kappa shape index (κ2) is 11.1. The molecule has 2 atom stereocenters. The maximum atomic E-state index is 13.5. The molecule has 1 saturated carbocycles. The molecule has 5 heterocycles. The minimum absolute atomic E-state index is 0.0676. The van der Waals surface area contributed by atoms with E-state index in [-0.39, 0.29) is 35.1 Å². The summed E-state index contributed by atoms with van der Waals surface area (Å²) in [5.41, 5.74) is 0.270. The number of benzene rings is 1. The van der Waals surface area contributed by atoms with Crippen LogP contribution in [0.15, 0.2) is 67.3 Å². The topological polar surface area (TPSA) is 111 Å². The van der Waals surface area contributed by atoms with Gasteiger partial charge < -0.3 is 15.0 Å². The Labute approximate surface area is 252 Å². The van der Waals surface area contributed by atoms with Crippen molar-refractivity contribution in [1.82, 2.24) is 34.7 Å². The van der Waals surface area contributed by atoms with Crippen LogP contribution < -0.4 is 0 Å². The highest BCUT2D eigenvalue weighted by Crippen LogP contribution is 2.42. The Hall–Kier alpha value is -4.16. The Bertz CT molecular complexity index is 1640. The lowest BCUT2D eigenvalue weighted by atomic mass is 9.79. The van der Waals surface area contributed by atoms with Crippen LogP contribution in [-0.2, 0) is 11.8 Å². The zero-order valence-corrected chi connectivity index (χ0v) is 23.9. The molecule has 44 heavy (non-hydrogen) atoms. The van der Waals surface area contributed by atoms with Gasteiger partial charge in [0.2, 0.25) is 0 Å². The number of rotatable bonds is 5. The quantitative estimate of drug-likeness (QED) is 0.328. The van der Waals surface area contributed by atoms with E-state index in [1.165, 1.54) is 12.3 Å². The molecule has 2 saturated heterocycles. The molecule has 9 nitrogen and oxygen atoms in total. The first-order valence-electron chi connectivity index (χ1n) is 15.0. The molecule has 7 rings (SSSR count). The average Bonchev–Trinajstić information content (AvgIpc) is 3.79. The van der Waals surface area contributed by atoms with Gasteiger partial charge in [-0.15, -0.1) is 0 Å². The van der Waals surface area contributed by atoms with Gasteiger partial charge >= 0.3 is 6.18 Å². The Morgan fingerprint density at radius 2 is 1.66 bits per heavy atom. The number of halogens is 3. The molecule has 3 aromatic heterocycles. The molecule has 1 aliphatic carbocycles. The number of carbonyl (C=O) groups excluding carboxylic acids is 1. The molecule has 12 heteroatoms. The SMILES string of the molecule is O=C(c1cnc(-c2cccc(C(F)(F)F)c2)[nH]1)N1CCC2C1CCN2C1CCC(O)(c2ccc(-c3ncccn3)cn2)CC1. The van der Waals surface area contributed by atoms with E-state index in [0.717, 1.165) is 49.9 Å². The third-order valence-corrected chi connectivity index (χ3v) is 9.47. The summed E-state index contributed by atoms with van der Waals surface area (Å²) in [4.78, 5) is 38.2. The second-order valence-corrected chi connectivity index (χ2v) is 11.9. The van der Waals surface area contributed by atoms with Gasteiger partial charge in [-0.25, -0.2) is 15.0 Å². The summed E-state index contributed by atoms with van der Waals surface area (Å²) in [7, 11) is 0. The summed E-state index contributed by atoms with van der Waals surface area (Å²) in [6.07, 6.45) is 6.63. The third-order valence-electron chi connectivity index (χ3n) is 9.47. The molecule has 1 amide bonds. The second-order valence-electron chi connectivity index (χ2n) is 11.9. The van der Waals surface area contributed by atoms with E-state index >= 15 is 0 Å². The van der Waals surface area contributed by atoms with Crippen LogP contribution >= 0.6 is 0 Å². The number of alkyl halides is 3. The number of hydrogen-bond donors (Lipinski definition) is 2. The van der Waals surface area contributed by atoms with Crippen LogP contribution in [0.3, 0.4) is 0 Å². The first kappa shape index (κ1) is 28.6. The van der Waals surface area contributed by atoms with Crippen molar-refractivity contribution in [3.63, 3.8) is 0 Å². The van der Waals surface area contributed by atoms with Crippen LogP contribution in [0.25, 0.3) is 22.8 Å². The minimum atomic E-state index is -4.46. The molecule has 0 radical (unpaired) electrons. The number of H-pyrrole nitrogens is 1. The number of aliphatic hydroxyl groups is 1. The van der Waals surface area contributed by atoms with Gasteiger partial charge in [0, 0.05) is 60.9 Å². The predicted molar refractivity (Wildman–Crippen MR) is 155 cm³/mol. The highest BCUT2D eigenvalue weighted by Gasteiger charge is 2.48. The standard InChI is InChI=1S/C32H32F3N7O2/c33-32(34,35)22-4-1-3-20(17-22)29-39-19-24(40-29)30(43)42-16-10-25-26(42)9-15-41(25)23-7-11-31(44,12-8-23)27-6-5-21(18-38-27)28-36-13-2-14-37-28/h1-6,13-14,17-19,23,25-26,44H,7-12,15-16H2,(H,39,40). The van der Waals surface area contributed by atoms with Crippen LogP contribution in [0, 0.1) is 0 Å². The van der Waals surface area contributed by atoms with Crippen LogP contribution in [-0.4, -0.2) is 76.9 Å². The van der Waals surface area contributed by atoms with Crippen molar-refractivity contribution in [3.8, 4) is 22.8 Å². The lowest BCUT2D eigenvalue weighted by Gasteiger charge is -2.41. The van der Waals surface area contributed by atoms with Gasteiger partial charge in [-0.05, 0) is 68.9 Å². The van der Waals surface area contributed by atoms with E-state index in [1.807, 2.05) is 17.0 Å². The molecule has 2 aliphatic heterocycles. The maximum absolute atomic E-state index is 13.5. The Morgan fingerprint density at radius 3 is 2.39 bits per heavy atom. The zero-order chi connectivity index (χ0) is 30.5. The van der Waals surface area contributed by atoms with Gasteiger partial charge in [-0.1, -0.05) is 12.1 Å². The number of nitrogens with one attached hydrogen (secondary N) is 1. The molecule has 228 valence electrons. The minimum Gasteiger partial charge on any atom is -0.384 e. The number of carbonyl (C=O) groups is 1. The van der Waals surface area contributed by atoms with Crippen molar-refractivity contribution in [2.45, 2.75) is 68.4 Å². The molecule has 1 aromatic carbocycles. The van der Waals surface area contributed by atoms with E-state index in [2.05, 4.69) is 29.8 Å². The Kier molecular flexibility index (Phi) is 7.20. The number of hydrogen-bond acceptors (Lipinski definition) is 7. The third kappa shape index (κ3) is 5.26. The highest BCUT2D eigenvalue weighted by atomic mass is 19.4. The van der Waals surface area contributed by atoms with Crippen LogP contribution in [0.2, 0.25) is 0 Å². The normalized spacial score (nSPS) is 25.7. The lowest BCUT2D eigenvalue weighted by molar-refractivity contribution is -0.137. The molecule has 2 unspecified atom stereocenters. The Balaban J connectivity index is 0.981. The fourth-order valence-electron chi connectivity index (χ4n) is 7.22. The summed E-state index contributed by atoms with van der Waals surface area (Å²) in [5.74, 6) is 0.646. The average molecular weight is 604 g/mol. The fraction of sp³-hybridized carbons (Fsp3) is 0.406. The van der Waals surface area contributed by atoms with E-state index in [9.17, 15) is 23.1 Å². The van der Waals surface area contributed by atoms with Gasteiger partial charge in [-0.2, -0.15) is 13.2 Å². The molecule has 2 N–H and O–H groups in total. The number of likely N-dealkylation sites (tertiary alicyclic amines) is 2. The van der Waals surface area contributed by atoms with Crippen molar-refractivity contribution in [3.05, 3.63) is 84.2 Å². The smallest absolute Gasteiger partial charge is 0.384 e.